The van der Waals surface area contributed by atoms with Gasteiger partial charge in [0.05, 0.1) is 4.92 Å². The molecule has 7 heteroatoms. The SMILES string of the molecule is N#CSCCNc1ccc(Cl)cc1[N+](=O)[O-]. The molecule has 16 heavy (non-hydrogen) atoms. The van der Waals surface area contributed by atoms with Gasteiger partial charge in [-0.05, 0) is 23.9 Å². The fourth-order valence-corrected chi connectivity index (χ4v) is 1.55. The lowest BCUT2D eigenvalue weighted by Crippen LogP contribution is -2.05. The van der Waals surface area contributed by atoms with Crippen LogP contribution < -0.4 is 5.32 Å². The van der Waals surface area contributed by atoms with Gasteiger partial charge in [-0.1, -0.05) is 11.6 Å². The van der Waals surface area contributed by atoms with Crippen LogP contribution in [-0.2, 0) is 0 Å². The molecule has 0 amide bonds. The number of thioether (sulfide) groups is 1. The number of benzene rings is 1. The third-order valence-electron chi connectivity index (χ3n) is 1.74. The summed E-state index contributed by atoms with van der Waals surface area (Å²) in [6.07, 6.45) is 0. The maximum absolute atomic E-state index is 10.7. The fourth-order valence-electron chi connectivity index (χ4n) is 1.09. The third-order valence-corrected chi connectivity index (χ3v) is 2.51. The zero-order chi connectivity index (χ0) is 12.0. The van der Waals surface area contributed by atoms with Crippen molar-refractivity contribution in [2.24, 2.45) is 0 Å². The molecule has 1 rings (SSSR count). The molecule has 0 aliphatic carbocycles. The van der Waals surface area contributed by atoms with Gasteiger partial charge in [0.25, 0.3) is 5.69 Å². The molecule has 0 aromatic heterocycles. The Morgan fingerprint density at radius 1 is 1.62 bits per heavy atom. The third kappa shape index (κ3) is 3.61. The van der Waals surface area contributed by atoms with Gasteiger partial charge in [-0.15, -0.1) is 0 Å². The number of nitro groups is 1. The zero-order valence-electron chi connectivity index (χ0n) is 8.14. The molecule has 1 aromatic rings. The first-order valence-corrected chi connectivity index (χ1v) is 5.70. The van der Waals surface area contributed by atoms with Crippen LogP contribution in [0.15, 0.2) is 18.2 Å². The number of thiocyanates is 1. The molecule has 0 atom stereocenters. The number of rotatable bonds is 5. The monoisotopic (exact) mass is 257 g/mol. The first kappa shape index (κ1) is 12.6. The Kier molecular flexibility index (Phi) is 4.89. The molecule has 0 fully saturated rings. The number of halogens is 1. The van der Waals surface area contributed by atoms with Gasteiger partial charge < -0.3 is 5.32 Å². The predicted octanol–water partition coefficient (Wildman–Crippen LogP) is 2.87. The summed E-state index contributed by atoms with van der Waals surface area (Å²) < 4.78 is 0. The van der Waals surface area contributed by atoms with E-state index in [1.807, 2.05) is 5.40 Å². The molecular weight excluding hydrogens is 250 g/mol. The minimum absolute atomic E-state index is 0.0607. The second-order valence-corrected chi connectivity index (χ2v) is 4.10. The van der Waals surface area contributed by atoms with E-state index >= 15 is 0 Å². The van der Waals surface area contributed by atoms with Crippen molar-refractivity contribution in [3.63, 3.8) is 0 Å². The van der Waals surface area contributed by atoms with Gasteiger partial charge in [-0.3, -0.25) is 10.1 Å². The van der Waals surface area contributed by atoms with E-state index in [0.29, 0.717) is 23.0 Å². The fraction of sp³-hybridized carbons (Fsp3) is 0.222. The van der Waals surface area contributed by atoms with Crippen LogP contribution in [-0.4, -0.2) is 17.2 Å². The highest BCUT2D eigenvalue weighted by atomic mass is 35.5. The highest BCUT2D eigenvalue weighted by Gasteiger charge is 2.13. The largest absolute Gasteiger partial charge is 0.379 e. The van der Waals surface area contributed by atoms with Crippen molar-refractivity contribution in [1.29, 1.82) is 5.26 Å². The van der Waals surface area contributed by atoms with E-state index in [1.54, 1.807) is 12.1 Å². The van der Waals surface area contributed by atoms with Gasteiger partial charge in [0, 0.05) is 23.4 Å². The Hall–Kier alpha value is -1.45. The number of nitrogens with zero attached hydrogens (tertiary/aromatic N) is 2. The van der Waals surface area contributed by atoms with Crippen LogP contribution in [0.5, 0.6) is 0 Å². The van der Waals surface area contributed by atoms with Crippen molar-refractivity contribution in [3.05, 3.63) is 33.3 Å². The lowest BCUT2D eigenvalue weighted by Gasteiger charge is -2.05. The van der Waals surface area contributed by atoms with E-state index < -0.39 is 4.92 Å². The number of nitrogens with one attached hydrogen (secondary N) is 1. The lowest BCUT2D eigenvalue weighted by atomic mass is 10.2. The van der Waals surface area contributed by atoms with E-state index in [-0.39, 0.29) is 5.69 Å². The summed E-state index contributed by atoms with van der Waals surface area (Å²) >= 11 is 6.76. The van der Waals surface area contributed by atoms with Crippen molar-refractivity contribution in [3.8, 4) is 5.40 Å². The topological polar surface area (TPSA) is 79.0 Å². The van der Waals surface area contributed by atoms with Crippen LogP contribution in [0.2, 0.25) is 5.02 Å². The lowest BCUT2D eigenvalue weighted by molar-refractivity contribution is -0.383. The van der Waals surface area contributed by atoms with Crippen molar-refractivity contribution in [2.75, 3.05) is 17.6 Å². The Bertz CT molecular complexity index is 433. The van der Waals surface area contributed by atoms with Crippen LogP contribution >= 0.6 is 23.4 Å². The Morgan fingerprint density at radius 2 is 2.38 bits per heavy atom. The van der Waals surface area contributed by atoms with Crippen molar-refractivity contribution >= 4 is 34.7 Å². The van der Waals surface area contributed by atoms with Gasteiger partial charge in [0.15, 0.2) is 0 Å². The average Bonchev–Trinajstić information content (AvgIpc) is 2.26. The molecule has 0 heterocycles. The van der Waals surface area contributed by atoms with E-state index in [9.17, 15) is 10.1 Å². The maximum Gasteiger partial charge on any atom is 0.293 e. The van der Waals surface area contributed by atoms with Crippen LogP contribution in [0.3, 0.4) is 0 Å². The highest BCUT2D eigenvalue weighted by molar-refractivity contribution is 8.03. The van der Waals surface area contributed by atoms with E-state index in [4.69, 9.17) is 16.9 Å². The minimum Gasteiger partial charge on any atom is -0.379 e. The molecule has 0 bridgehead atoms. The standard InChI is InChI=1S/C9H8ClN3O2S/c10-7-1-2-8(9(5-7)13(14)15)12-3-4-16-6-11/h1-2,5,12H,3-4H2. The first-order valence-electron chi connectivity index (χ1n) is 4.34. The molecular formula is C9H8ClN3O2S. The molecule has 0 aliphatic heterocycles. The van der Waals surface area contributed by atoms with Crippen molar-refractivity contribution in [2.45, 2.75) is 0 Å². The van der Waals surface area contributed by atoms with Crippen LogP contribution in [0.1, 0.15) is 0 Å². The normalized spacial score (nSPS) is 9.50. The summed E-state index contributed by atoms with van der Waals surface area (Å²) in [5.41, 5.74) is 0.349. The van der Waals surface area contributed by atoms with Gasteiger partial charge in [-0.25, -0.2) is 0 Å². The number of nitro benzene ring substituents is 1. The number of hydrogen-bond donors (Lipinski definition) is 1. The molecule has 0 saturated carbocycles. The minimum atomic E-state index is -0.494. The van der Waals surface area contributed by atoms with Gasteiger partial charge in [-0.2, -0.15) is 5.26 Å². The summed E-state index contributed by atoms with van der Waals surface area (Å²) in [6.45, 7) is 0.487. The summed E-state index contributed by atoms with van der Waals surface area (Å²) in [4.78, 5) is 10.2. The van der Waals surface area contributed by atoms with Crippen LogP contribution in [0.25, 0.3) is 0 Å². The summed E-state index contributed by atoms with van der Waals surface area (Å²) in [7, 11) is 0. The second kappa shape index (κ2) is 6.20. The number of anilines is 1. The first-order chi connectivity index (χ1) is 7.65. The molecule has 0 saturated heterocycles. The quantitative estimate of drug-likeness (QED) is 0.380. The number of hydrogen-bond acceptors (Lipinski definition) is 5. The highest BCUT2D eigenvalue weighted by Crippen LogP contribution is 2.27. The number of nitriles is 1. The molecule has 0 unspecified atom stereocenters. The summed E-state index contributed by atoms with van der Waals surface area (Å²) in [6, 6.07) is 4.42. The van der Waals surface area contributed by atoms with Crippen molar-refractivity contribution < 1.29 is 4.92 Å². The molecule has 0 radical (unpaired) electrons. The summed E-state index contributed by atoms with van der Waals surface area (Å²) in [5, 5.41) is 24.1. The van der Waals surface area contributed by atoms with Gasteiger partial charge >= 0.3 is 0 Å². The average molecular weight is 258 g/mol. The van der Waals surface area contributed by atoms with E-state index in [2.05, 4.69) is 5.32 Å². The summed E-state index contributed by atoms with van der Waals surface area (Å²) in [5.74, 6) is 0.566. The zero-order valence-corrected chi connectivity index (χ0v) is 9.72. The smallest absolute Gasteiger partial charge is 0.293 e. The van der Waals surface area contributed by atoms with Gasteiger partial charge in [0.2, 0.25) is 0 Å². The van der Waals surface area contributed by atoms with Gasteiger partial charge in [0.1, 0.15) is 11.1 Å². The van der Waals surface area contributed by atoms with Crippen LogP contribution in [0, 0.1) is 20.8 Å². The van der Waals surface area contributed by atoms with E-state index in [1.165, 1.54) is 6.07 Å². The maximum atomic E-state index is 10.7. The molecule has 1 aromatic carbocycles. The predicted molar refractivity (Wildman–Crippen MR) is 64.7 cm³/mol. The molecule has 5 nitrogen and oxygen atoms in total. The molecule has 84 valence electrons. The molecule has 1 N–H and O–H groups in total. The molecule has 0 spiro atoms. The second-order valence-electron chi connectivity index (χ2n) is 2.79. The van der Waals surface area contributed by atoms with E-state index in [0.717, 1.165) is 11.8 Å². The Labute approximate surface area is 102 Å². The Morgan fingerprint density at radius 3 is 3.00 bits per heavy atom. The molecule has 0 aliphatic rings. The van der Waals surface area contributed by atoms with Crippen LogP contribution in [0.4, 0.5) is 11.4 Å². The Balaban J connectivity index is 2.72. The van der Waals surface area contributed by atoms with Crippen molar-refractivity contribution in [1.82, 2.24) is 0 Å².